The van der Waals surface area contributed by atoms with Gasteiger partial charge in [-0.2, -0.15) is 0 Å². The van der Waals surface area contributed by atoms with E-state index in [0.29, 0.717) is 17.7 Å². The molecule has 0 radical (unpaired) electrons. The Labute approximate surface area is 104 Å². The monoisotopic (exact) mass is 239 g/mol. The SMILES string of the molecule is CC1CCC(C(=O)N2CCC(CCO)C2)CC1. The normalized spacial score (nSPS) is 34.0. The summed E-state index contributed by atoms with van der Waals surface area (Å²) in [5.41, 5.74) is 0. The molecule has 1 saturated carbocycles. The second kappa shape index (κ2) is 5.85. The molecule has 0 aromatic carbocycles. The number of aliphatic hydroxyl groups is 1. The van der Waals surface area contributed by atoms with E-state index in [1.807, 2.05) is 4.90 Å². The molecule has 0 aromatic heterocycles. The highest BCUT2D eigenvalue weighted by Gasteiger charge is 2.32. The van der Waals surface area contributed by atoms with Crippen LogP contribution in [-0.2, 0) is 4.79 Å². The summed E-state index contributed by atoms with van der Waals surface area (Å²) < 4.78 is 0. The van der Waals surface area contributed by atoms with Crippen LogP contribution in [0, 0.1) is 17.8 Å². The Kier molecular flexibility index (Phi) is 4.43. The summed E-state index contributed by atoms with van der Waals surface area (Å²) in [4.78, 5) is 14.4. The molecule has 1 unspecified atom stereocenters. The zero-order valence-electron chi connectivity index (χ0n) is 10.9. The second-order valence-electron chi connectivity index (χ2n) is 5.91. The molecule has 98 valence electrons. The number of amides is 1. The molecule has 1 saturated heterocycles. The quantitative estimate of drug-likeness (QED) is 0.819. The molecular formula is C14H25NO2. The lowest BCUT2D eigenvalue weighted by molar-refractivity contribution is -0.135. The summed E-state index contributed by atoms with van der Waals surface area (Å²) in [6.07, 6.45) is 6.53. The summed E-state index contributed by atoms with van der Waals surface area (Å²) in [5, 5.41) is 8.93. The number of rotatable bonds is 3. The molecule has 0 aromatic rings. The lowest BCUT2D eigenvalue weighted by atomic mass is 9.82. The van der Waals surface area contributed by atoms with Crippen LogP contribution in [0.25, 0.3) is 0 Å². The van der Waals surface area contributed by atoms with Crippen LogP contribution >= 0.6 is 0 Å². The summed E-state index contributed by atoms with van der Waals surface area (Å²) in [6.45, 7) is 4.34. The topological polar surface area (TPSA) is 40.5 Å². The molecule has 3 heteroatoms. The van der Waals surface area contributed by atoms with E-state index < -0.39 is 0 Å². The molecule has 1 atom stereocenters. The van der Waals surface area contributed by atoms with Gasteiger partial charge in [0, 0.05) is 25.6 Å². The zero-order chi connectivity index (χ0) is 12.3. The maximum atomic E-state index is 12.3. The molecule has 1 N–H and O–H groups in total. The van der Waals surface area contributed by atoms with Crippen LogP contribution in [0.4, 0.5) is 0 Å². The van der Waals surface area contributed by atoms with Crippen LogP contribution in [0.2, 0.25) is 0 Å². The van der Waals surface area contributed by atoms with Crippen molar-refractivity contribution in [2.75, 3.05) is 19.7 Å². The van der Waals surface area contributed by atoms with Crippen LogP contribution in [-0.4, -0.2) is 35.6 Å². The molecule has 1 heterocycles. The van der Waals surface area contributed by atoms with Gasteiger partial charge >= 0.3 is 0 Å². The smallest absolute Gasteiger partial charge is 0.225 e. The Balaban J connectivity index is 1.80. The zero-order valence-corrected chi connectivity index (χ0v) is 10.9. The van der Waals surface area contributed by atoms with Gasteiger partial charge in [0.1, 0.15) is 0 Å². The van der Waals surface area contributed by atoms with E-state index in [4.69, 9.17) is 5.11 Å². The van der Waals surface area contributed by atoms with E-state index in [2.05, 4.69) is 6.92 Å². The van der Waals surface area contributed by atoms with E-state index in [1.54, 1.807) is 0 Å². The Morgan fingerprint density at radius 1 is 1.24 bits per heavy atom. The maximum Gasteiger partial charge on any atom is 0.225 e. The first-order valence-electron chi connectivity index (χ1n) is 7.10. The van der Waals surface area contributed by atoms with Crippen molar-refractivity contribution < 1.29 is 9.90 Å². The van der Waals surface area contributed by atoms with E-state index >= 15 is 0 Å². The van der Waals surface area contributed by atoms with E-state index in [0.717, 1.165) is 44.7 Å². The first kappa shape index (κ1) is 12.9. The van der Waals surface area contributed by atoms with Crippen molar-refractivity contribution in [2.45, 2.75) is 45.4 Å². The van der Waals surface area contributed by atoms with Crippen LogP contribution < -0.4 is 0 Å². The second-order valence-corrected chi connectivity index (χ2v) is 5.91. The number of likely N-dealkylation sites (tertiary alicyclic amines) is 1. The highest BCUT2D eigenvalue weighted by molar-refractivity contribution is 5.79. The predicted molar refractivity (Wildman–Crippen MR) is 67.5 cm³/mol. The van der Waals surface area contributed by atoms with Crippen molar-refractivity contribution in [3.8, 4) is 0 Å². The van der Waals surface area contributed by atoms with Gasteiger partial charge in [0.25, 0.3) is 0 Å². The molecule has 0 spiro atoms. The van der Waals surface area contributed by atoms with Gasteiger partial charge in [-0.1, -0.05) is 6.92 Å². The highest BCUT2D eigenvalue weighted by atomic mass is 16.3. The first-order valence-corrected chi connectivity index (χ1v) is 7.10. The van der Waals surface area contributed by atoms with Gasteiger partial charge in [-0.05, 0) is 50.4 Å². The minimum atomic E-state index is 0.258. The van der Waals surface area contributed by atoms with Crippen molar-refractivity contribution in [1.29, 1.82) is 0 Å². The van der Waals surface area contributed by atoms with Crippen molar-refractivity contribution in [3.05, 3.63) is 0 Å². The van der Waals surface area contributed by atoms with Gasteiger partial charge in [-0.25, -0.2) is 0 Å². The van der Waals surface area contributed by atoms with Gasteiger partial charge in [0.05, 0.1) is 0 Å². The number of hydrogen-bond acceptors (Lipinski definition) is 2. The summed E-state index contributed by atoms with van der Waals surface area (Å²) in [5.74, 6) is 2.02. The minimum absolute atomic E-state index is 0.258. The van der Waals surface area contributed by atoms with Gasteiger partial charge in [0.15, 0.2) is 0 Å². The Morgan fingerprint density at radius 3 is 2.59 bits per heavy atom. The third-order valence-corrected chi connectivity index (χ3v) is 4.50. The van der Waals surface area contributed by atoms with Crippen molar-refractivity contribution in [1.82, 2.24) is 4.90 Å². The molecule has 2 aliphatic rings. The molecule has 2 fully saturated rings. The lowest BCUT2D eigenvalue weighted by Gasteiger charge is -2.29. The molecule has 17 heavy (non-hydrogen) atoms. The minimum Gasteiger partial charge on any atom is -0.396 e. The van der Waals surface area contributed by atoms with E-state index in [-0.39, 0.29) is 6.61 Å². The Bertz CT molecular complexity index is 259. The molecule has 1 amide bonds. The number of nitrogens with zero attached hydrogens (tertiary/aromatic N) is 1. The van der Waals surface area contributed by atoms with Crippen molar-refractivity contribution in [2.24, 2.45) is 17.8 Å². The summed E-state index contributed by atoms with van der Waals surface area (Å²) in [7, 11) is 0. The molecular weight excluding hydrogens is 214 g/mol. The van der Waals surface area contributed by atoms with E-state index in [1.165, 1.54) is 12.8 Å². The van der Waals surface area contributed by atoms with Crippen LogP contribution in [0.1, 0.15) is 45.4 Å². The number of carbonyl (C=O) groups is 1. The number of hydrogen-bond donors (Lipinski definition) is 1. The van der Waals surface area contributed by atoms with Crippen molar-refractivity contribution >= 4 is 5.91 Å². The fourth-order valence-electron chi connectivity index (χ4n) is 3.22. The molecule has 1 aliphatic carbocycles. The molecule has 0 bridgehead atoms. The van der Waals surface area contributed by atoms with Crippen molar-refractivity contribution in [3.63, 3.8) is 0 Å². The highest BCUT2D eigenvalue weighted by Crippen LogP contribution is 2.31. The molecule has 3 nitrogen and oxygen atoms in total. The standard InChI is InChI=1S/C14H25NO2/c1-11-2-4-13(5-3-11)14(17)15-8-6-12(10-15)7-9-16/h11-13,16H,2-10H2,1H3. The predicted octanol–water partition coefficient (Wildman–Crippen LogP) is 2.04. The van der Waals surface area contributed by atoms with Gasteiger partial charge in [-0.3, -0.25) is 4.79 Å². The van der Waals surface area contributed by atoms with Crippen LogP contribution in [0.5, 0.6) is 0 Å². The van der Waals surface area contributed by atoms with Gasteiger partial charge in [-0.15, -0.1) is 0 Å². The first-order chi connectivity index (χ1) is 8.20. The third kappa shape index (κ3) is 3.21. The van der Waals surface area contributed by atoms with E-state index in [9.17, 15) is 4.79 Å². The number of carbonyl (C=O) groups excluding carboxylic acids is 1. The largest absolute Gasteiger partial charge is 0.396 e. The average Bonchev–Trinajstić information content (AvgIpc) is 2.78. The molecule has 2 rings (SSSR count). The summed E-state index contributed by atoms with van der Waals surface area (Å²) >= 11 is 0. The fraction of sp³-hybridized carbons (Fsp3) is 0.929. The number of aliphatic hydroxyl groups excluding tert-OH is 1. The Hall–Kier alpha value is -0.570. The lowest BCUT2D eigenvalue weighted by Crippen LogP contribution is -2.36. The molecule has 1 aliphatic heterocycles. The van der Waals surface area contributed by atoms with Crippen LogP contribution in [0.15, 0.2) is 0 Å². The fourth-order valence-corrected chi connectivity index (χ4v) is 3.22. The maximum absolute atomic E-state index is 12.3. The van der Waals surface area contributed by atoms with Gasteiger partial charge < -0.3 is 10.0 Å². The van der Waals surface area contributed by atoms with Gasteiger partial charge in [0.2, 0.25) is 5.91 Å². The van der Waals surface area contributed by atoms with Crippen LogP contribution in [0.3, 0.4) is 0 Å². The third-order valence-electron chi connectivity index (χ3n) is 4.50. The average molecular weight is 239 g/mol. The Morgan fingerprint density at radius 2 is 1.94 bits per heavy atom. The summed E-state index contributed by atoms with van der Waals surface area (Å²) in [6, 6.07) is 0.